The number of methoxy groups -OCH3 is 1. The maximum atomic E-state index is 13.1. The highest BCUT2D eigenvalue weighted by Gasteiger charge is 2.24. The number of ether oxygens (including phenoxy) is 1. The van der Waals surface area contributed by atoms with Crippen LogP contribution in [0.3, 0.4) is 0 Å². The van der Waals surface area contributed by atoms with Gasteiger partial charge in [0.15, 0.2) is 23.3 Å². The fourth-order valence-corrected chi connectivity index (χ4v) is 5.23. The lowest BCUT2D eigenvalue weighted by Crippen LogP contribution is -2.33. The molecule has 0 atom stereocenters. The zero-order chi connectivity index (χ0) is 26.0. The van der Waals surface area contributed by atoms with E-state index in [1.54, 1.807) is 38.7 Å². The second kappa shape index (κ2) is 13.1. The monoisotopic (exact) mass is 534 g/mol. The Morgan fingerprint density at radius 1 is 1.17 bits per heavy atom. The van der Waals surface area contributed by atoms with Crippen molar-refractivity contribution >= 4 is 38.1 Å². The Balaban J connectivity index is 1.86. The van der Waals surface area contributed by atoms with E-state index in [1.165, 1.54) is 35.6 Å². The maximum absolute atomic E-state index is 13.1. The van der Waals surface area contributed by atoms with Gasteiger partial charge in [-0.2, -0.15) is 4.31 Å². The predicted octanol–water partition coefficient (Wildman–Crippen LogP) is 1.64. The number of benzene rings is 1. The van der Waals surface area contributed by atoms with Crippen LogP contribution in [0.4, 0.5) is 5.13 Å². The summed E-state index contributed by atoms with van der Waals surface area (Å²) in [6.07, 6.45) is 4.70. The predicted molar refractivity (Wildman–Crippen MR) is 133 cm³/mol. The quantitative estimate of drug-likeness (QED) is 0.246. The Morgan fingerprint density at radius 3 is 2.53 bits per heavy atom. The van der Waals surface area contributed by atoms with E-state index in [9.17, 15) is 18.3 Å². The van der Waals surface area contributed by atoms with Crippen LogP contribution in [0.1, 0.15) is 23.2 Å². The number of amides is 1. The summed E-state index contributed by atoms with van der Waals surface area (Å²) < 4.78 is 31.9. The molecule has 0 aliphatic heterocycles. The van der Waals surface area contributed by atoms with Gasteiger partial charge in [-0.15, -0.1) is 0 Å². The molecular formula is C22H26N6O6S2. The van der Waals surface area contributed by atoms with E-state index in [-0.39, 0.29) is 36.9 Å². The van der Waals surface area contributed by atoms with Crippen LogP contribution in [-0.2, 0) is 37.6 Å². The second-order valence-electron chi connectivity index (χ2n) is 7.14. The standard InChI is InChI=1S/C22H26N6O6S2/c1-3-28(11-12-29)36(31,32)18-7-5-16(6-8-18)20(27-34-15-19-23-9-4-10-24-19)21(30)26-22-25-13-17(35-22)14-33-2/h4-10,13,29H,3,11-12,14-15H2,1-2H3,(H,25,26,30)/b27-20+. The molecule has 0 aliphatic rings. The normalized spacial score (nSPS) is 12.1. The molecule has 0 saturated carbocycles. The summed E-state index contributed by atoms with van der Waals surface area (Å²) in [6.45, 7) is 1.84. The summed E-state index contributed by atoms with van der Waals surface area (Å²) in [5, 5.41) is 16.2. The number of hydrogen-bond donors (Lipinski definition) is 2. The molecule has 0 unspecified atom stereocenters. The van der Waals surface area contributed by atoms with Crippen LogP contribution >= 0.6 is 11.3 Å². The maximum Gasteiger partial charge on any atom is 0.280 e. The molecule has 14 heteroatoms. The molecule has 2 aromatic heterocycles. The molecule has 12 nitrogen and oxygen atoms in total. The average molecular weight is 535 g/mol. The van der Waals surface area contributed by atoms with E-state index in [0.717, 1.165) is 9.18 Å². The first kappa shape index (κ1) is 27.3. The Hall–Kier alpha value is -3.30. The molecule has 1 amide bonds. The van der Waals surface area contributed by atoms with Crippen molar-refractivity contribution in [2.75, 3.05) is 32.1 Å². The van der Waals surface area contributed by atoms with Crippen molar-refractivity contribution in [3.8, 4) is 0 Å². The molecule has 3 aromatic rings. The minimum absolute atomic E-state index is 0.0176. The molecule has 36 heavy (non-hydrogen) atoms. The minimum Gasteiger partial charge on any atom is -0.395 e. The van der Waals surface area contributed by atoms with E-state index < -0.39 is 15.9 Å². The zero-order valence-corrected chi connectivity index (χ0v) is 21.3. The van der Waals surface area contributed by atoms with Crippen molar-refractivity contribution in [3.63, 3.8) is 0 Å². The number of carbonyl (C=O) groups is 1. The molecule has 0 aliphatic carbocycles. The van der Waals surface area contributed by atoms with Crippen LogP contribution in [0, 0.1) is 0 Å². The Bertz CT molecular complexity index is 1270. The Labute approximate surface area is 212 Å². The minimum atomic E-state index is -3.82. The molecular weight excluding hydrogens is 508 g/mol. The van der Waals surface area contributed by atoms with Gasteiger partial charge in [-0.25, -0.2) is 23.4 Å². The van der Waals surface area contributed by atoms with Gasteiger partial charge >= 0.3 is 0 Å². The van der Waals surface area contributed by atoms with Crippen LogP contribution in [0.25, 0.3) is 0 Å². The molecule has 3 rings (SSSR count). The average Bonchev–Trinajstić information content (AvgIpc) is 3.32. The number of oxime groups is 1. The number of hydrogen-bond acceptors (Lipinski definition) is 11. The number of nitrogens with zero attached hydrogens (tertiary/aromatic N) is 5. The number of aliphatic hydroxyl groups is 1. The van der Waals surface area contributed by atoms with Crippen LogP contribution in [0.2, 0.25) is 0 Å². The lowest BCUT2D eigenvalue weighted by Gasteiger charge is -2.19. The number of thiazole rings is 1. The smallest absolute Gasteiger partial charge is 0.280 e. The van der Waals surface area contributed by atoms with Crippen molar-refractivity contribution in [2.24, 2.45) is 5.16 Å². The number of sulfonamides is 1. The Morgan fingerprint density at radius 2 is 1.89 bits per heavy atom. The second-order valence-corrected chi connectivity index (χ2v) is 10.2. The first-order chi connectivity index (χ1) is 17.4. The third-order valence-electron chi connectivity index (χ3n) is 4.71. The van der Waals surface area contributed by atoms with Crippen molar-refractivity contribution in [2.45, 2.75) is 25.0 Å². The lowest BCUT2D eigenvalue weighted by molar-refractivity contribution is -0.110. The number of aliphatic hydroxyl groups excluding tert-OH is 1. The molecule has 0 saturated heterocycles. The van der Waals surface area contributed by atoms with Gasteiger partial charge in [0, 0.05) is 44.4 Å². The lowest BCUT2D eigenvalue weighted by atomic mass is 10.1. The molecule has 0 radical (unpaired) electrons. The number of likely N-dealkylation sites (N-methyl/N-ethyl adjacent to an activating group) is 1. The topological polar surface area (TPSA) is 156 Å². The van der Waals surface area contributed by atoms with Gasteiger partial charge in [0.25, 0.3) is 5.91 Å². The SMILES string of the molecule is CCN(CCO)S(=O)(=O)c1ccc(/C(=N\OCc2ncccn2)C(=O)Nc2ncc(COC)s2)cc1. The summed E-state index contributed by atoms with van der Waals surface area (Å²) in [5.74, 6) is -0.233. The summed E-state index contributed by atoms with van der Waals surface area (Å²) >= 11 is 1.25. The van der Waals surface area contributed by atoms with E-state index in [1.807, 2.05) is 0 Å². The number of anilines is 1. The van der Waals surface area contributed by atoms with Gasteiger partial charge in [0.1, 0.15) is 0 Å². The summed E-state index contributed by atoms with van der Waals surface area (Å²) in [4.78, 5) is 31.5. The first-order valence-electron chi connectivity index (χ1n) is 10.8. The van der Waals surface area contributed by atoms with E-state index in [4.69, 9.17) is 9.57 Å². The molecule has 0 spiro atoms. The van der Waals surface area contributed by atoms with Crippen molar-refractivity contribution in [3.05, 3.63) is 65.2 Å². The summed E-state index contributed by atoms with van der Waals surface area (Å²) in [7, 11) is -2.26. The fourth-order valence-electron chi connectivity index (χ4n) is 3.01. The molecule has 2 N–H and O–H groups in total. The molecule has 0 bridgehead atoms. The fraction of sp³-hybridized carbons (Fsp3) is 0.318. The van der Waals surface area contributed by atoms with Crippen molar-refractivity contribution in [1.29, 1.82) is 0 Å². The first-order valence-corrected chi connectivity index (χ1v) is 13.1. The number of nitrogens with one attached hydrogen (secondary N) is 1. The Kier molecular flexibility index (Phi) is 9.95. The number of rotatable bonds is 13. The molecule has 0 fully saturated rings. The van der Waals surface area contributed by atoms with Crippen LogP contribution in [0.15, 0.2) is 59.0 Å². The third-order valence-corrected chi connectivity index (χ3v) is 7.59. The van der Waals surface area contributed by atoms with E-state index in [2.05, 4.69) is 25.4 Å². The third kappa shape index (κ3) is 7.11. The highest BCUT2D eigenvalue weighted by Crippen LogP contribution is 2.20. The van der Waals surface area contributed by atoms with Gasteiger partial charge in [0.2, 0.25) is 10.0 Å². The number of carbonyl (C=O) groups excluding carboxylic acids is 1. The summed E-state index contributed by atoms with van der Waals surface area (Å²) in [5.41, 5.74) is 0.223. The largest absolute Gasteiger partial charge is 0.395 e. The molecule has 2 heterocycles. The highest BCUT2D eigenvalue weighted by molar-refractivity contribution is 7.89. The van der Waals surface area contributed by atoms with Gasteiger partial charge in [-0.3, -0.25) is 10.1 Å². The zero-order valence-electron chi connectivity index (χ0n) is 19.7. The molecule has 192 valence electrons. The van der Waals surface area contributed by atoms with Gasteiger partial charge in [0.05, 0.1) is 23.0 Å². The van der Waals surface area contributed by atoms with Gasteiger partial charge in [-0.05, 0) is 18.2 Å². The number of aromatic nitrogens is 3. The van der Waals surface area contributed by atoms with Crippen molar-refractivity contribution in [1.82, 2.24) is 19.3 Å². The van der Waals surface area contributed by atoms with E-state index in [0.29, 0.717) is 23.1 Å². The van der Waals surface area contributed by atoms with Crippen LogP contribution < -0.4 is 5.32 Å². The van der Waals surface area contributed by atoms with E-state index >= 15 is 0 Å². The van der Waals surface area contributed by atoms with Crippen LogP contribution in [-0.4, -0.2) is 71.2 Å². The molecule has 1 aromatic carbocycles. The summed E-state index contributed by atoms with van der Waals surface area (Å²) in [6, 6.07) is 7.31. The van der Waals surface area contributed by atoms with Gasteiger partial charge < -0.3 is 14.7 Å². The van der Waals surface area contributed by atoms with Crippen molar-refractivity contribution < 1.29 is 27.9 Å². The van der Waals surface area contributed by atoms with Gasteiger partial charge in [-0.1, -0.05) is 35.5 Å². The highest BCUT2D eigenvalue weighted by atomic mass is 32.2. The van der Waals surface area contributed by atoms with Crippen LogP contribution in [0.5, 0.6) is 0 Å².